The van der Waals surface area contributed by atoms with Gasteiger partial charge in [0.05, 0.1) is 18.3 Å². The van der Waals surface area contributed by atoms with Gasteiger partial charge in [-0.3, -0.25) is 9.79 Å². The van der Waals surface area contributed by atoms with Gasteiger partial charge in [0.2, 0.25) is 5.91 Å². The largest absolute Gasteiger partial charge is 0.393 e. The Morgan fingerprint density at radius 2 is 1.81 bits per heavy atom. The van der Waals surface area contributed by atoms with Gasteiger partial charge in [-0.05, 0) is 111 Å². The number of rotatable bonds is 9. The van der Waals surface area contributed by atoms with Crippen LogP contribution < -0.4 is 16.8 Å². The highest BCUT2D eigenvalue weighted by atomic mass is 16.3. The quantitative estimate of drug-likeness (QED) is 0.156. The van der Waals surface area contributed by atoms with Gasteiger partial charge in [-0.25, -0.2) is 0 Å². The van der Waals surface area contributed by atoms with E-state index in [1.807, 2.05) is 0 Å². The number of unbranched alkanes of at least 4 members (excludes halogenated alkanes) is 1. The van der Waals surface area contributed by atoms with Crippen molar-refractivity contribution in [2.24, 2.45) is 62.8 Å². The van der Waals surface area contributed by atoms with Crippen molar-refractivity contribution >= 4 is 11.9 Å². The van der Waals surface area contributed by atoms with E-state index < -0.39 is 0 Å². The van der Waals surface area contributed by atoms with Gasteiger partial charge in [-0.15, -0.1) is 0 Å². The van der Waals surface area contributed by atoms with E-state index in [0.29, 0.717) is 49.1 Å². The molecule has 0 radical (unpaired) electrons. The van der Waals surface area contributed by atoms with Crippen molar-refractivity contribution < 1.29 is 20.1 Å². The summed E-state index contributed by atoms with van der Waals surface area (Å²) < 4.78 is 0. The van der Waals surface area contributed by atoms with Crippen molar-refractivity contribution in [3.8, 4) is 0 Å². The van der Waals surface area contributed by atoms with E-state index >= 15 is 0 Å². The van der Waals surface area contributed by atoms with Crippen LogP contribution in [0.15, 0.2) is 4.99 Å². The van der Waals surface area contributed by atoms with Gasteiger partial charge in [0, 0.05) is 19.5 Å². The third-order valence-electron chi connectivity index (χ3n) is 11.5. The molecule has 0 aromatic heterocycles. The standard InChI is InChI=1S/C29H52N4O4/c1-17(6-9-25(37)32-12-4-5-13-33-27(30)31)20-7-8-21-26-22(16-24(36)29(20,21)3)28(2)11-10-19(34)14-18(28)15-23(26)35/h17-24,26,34-36H,4-16H2,1-3H3,(H,32,37)(H4,30,31,33)/t17-,18+,19-,20-,21+,22+,23-,24+,26+,28+,29-/m0/s1. The van der Waals surface area contributed by atoms with Crippen molar-refractivity contribution in [3.05, 3.63) is 0 Å². The van der Waals surface area contributed by atoms with Gasteiger partial charge in [0.1, 0.15) is 0 Å². The first-order chi connectivity index (χ1) is 17.5. The number of nitrogens with zero attached hydrogens (tertiary/aromatic N) is 1. The lowest BCUT2D eigenvalue weighted by atomic mass is 9.43. The predicted molar refractivity (Wildman–Crippen MR) is 145 cm³/mol. The maximum atomic E-state index is 12.5. The number of hydrogen-bond donors (Lipinski definition) is 6. The Morgan fingerprint density at radius 3 is 2.54 bits per heavy atom. The van der Waals surface area contributed by atoms with Crippen molar-refractivity contribution in [3.63, 3.8) is 0 Å². The predicted octanol–water partition coefficient (Wildman–Crippen LogP) is 2.53. The molecule has 0 bridgehead atoms. The number of amides is 1. The maximum absolute atomic E-state index is 12.5. The molecule has 4 saturated carbocycles. The van der Waals surface area contributed by atoms with Crippen LogP contribution in [0.25, 0.3) is 0 Å². The Morgan fingerprint density at radius 1 is 1.05 bits per heavy atom. The topological polar surface area (TPSA) is 154 Å². The summed E-state index contributed by atoms with van der Waals surface area (Å²) in [4.78, 5) is 16.4. The lowest BCUT2D eigenvalue weighted by molar-refractivity contribution is -0.207. The second kappa shape index (κ2) is 11.4. The molecule has 4 aliphatic rings. The molecular formula is C29H52N4O4. The molecule has 4 rings (SSSR count). The molecule has 8 nitrogen and oxygen atoms in total. The first kappa shape index (κ1) is 28.6. The van der Waals surface area contributed by atoms with Crippen LogP contribution in [0, 0.1) is 46.3 Å². The van der Waals surface area contributed by atoms with Crippen molar-refractivity contribution in [1.29, 1.82) is 0 Å². The van der Waals surface area contributed by atoms with Gasteiger partial charge >= 0.3 is 0 Å². The number of aliphatic imine (C=N–C) groups is 1. The summed E-state index contributed by atoms with van der Waals surface area (Å²) in [5.74, 6) is 2.06. The van der Waals surface area contributed by atoms with Crippen LogP contribution in [-0.2, 0) is 4.79 Å². The Hall–Kier alpha value is -1.38. The number of nitrogens with two attached hydrogens (primary N) is 2. The highest BCUT2D eigenvalue weighted by molar-refractivity contribution is 5.76. The van der Waals surface area contributed by atoms with Crippen LogP contribution in [0.4, 0.5) is 0 Å². The number of guanidine groups is 1. The van der Waals surface area contributed by atoms with Crippen LogP contribution in [0.1, 0.15) is 91.4 Å². The Bertz CT molecular complexity index is 835. The minimum Gasteiger partial charge on any atom is -0.393 e. The molecule has 0 unspecified atom stereocenters. The molecule has 8 heteroatoms. The molecule has 4 aliphatic carbocycles. The molecule has 8 N–H and O–H groups in total. The molecule has 0 heterocycles. The molecule has 37 heavy (non-hydrogen) atoms. The van der Waals surface area contributed by atoms with Crippen LogP contribution in [-0.4, -0.2) is 58.6 Å². The van der Waals surface area contributed by atoms with Crippen LogP contribution >= 0.6 is 0 Å². The summed E-state index contributed by atoms with van der Waals surface area (Å²) in [5.41, 5.74) is 10.5. The number of aliphatic hydroxyl groups excluding tert-OH is 3. The zero-order chi connectivity index (χ0) is 27.0. The van der Waals surface area contributed by atoms with Gasteiger partial charge in [0.15, 0.2) is 5.96 Å². The van der Waals surface area contributed by atoms with Gasteiger partial charge in [0.25, 0.3) is 0 Å². The van der Waals surface area contributed by atoms with Gasteiger partial charge in [-0.2, -0.15) is 0 Å². The zero-order valence-corrected chi connectivity index (χ0v) is 23.2. The lowest BCUT2D eigenvalue weighted by Crippen LogP contribution is -2.62. The molecule has 11 atom stereocenters. The number of fused-ring (bicyclic) bond motifs is 5. The summed E-state index contributed by atoms with van der Waals surface area (Å²) in [7, 11) is 0. The number of aliphatic hydroxyl groups is 3. The molecule has 0 aliphatic heterocycles. The lowest BCUT2D eigenvalue weighted by Gasteiger charge is -2.63. The van der Waals surface area contributed by atoms with Gasteiger partial charge < -0.3 is 32.1 Å². The smallest absolute Gasteiger partial charge is 0.220 e. The summed E-state index contributed by atoms with van der Waals surface area (Å²) in [6, 6.07) is 0. The summed E-state index contributed by atoms with van der Waals surface area (Å²) in [6.45, 7) is 8.10. The van der Waals surface area contributed by atoms with E-state index in [1.165, 1.54) is 0 Å². The molecule has 0 aromatic carbocycles. The fourth-order valence-corrected chi connectivity index (χ4v) is 9.45. The number of carbonyl (C=O) groups excluding carboxylic acids is 1. The third-order valence-corrected chi connectivity index (χ3v) is 11.5. The zero-order valence-electron chi connectivity index (χ0n) is 23.2. The van der Waals surface area contributed by atoms with E-state index in [1.54, 1.807) is 0 Å². The first-order valence-electron chi connectivity index (χ1n) is 14.8. The molecular weight excluding hydrogens is 468 g/mol. The molecule has 0 saturated heterocycles. The van der Waals surface area contributed by atoms with Crippen molar-refractivity contribution in [2.45, 2.75) is 110 Å². The minimum atomic E-state index is -0.387. The summed E-state index contributed by atoms with van der Waals surface area (Å²) >= 11 is 0. The minimum absolute atomic E-state index is 0.0822. The van der Waals surface area contributed by atoms with Crippen molar-refractivity contribution in [1.82, 2.24) is 5.32 Å². The number of hydrogen-bond acceptors (Lipinski definition) is 5. The SMILES string of the molecule is C[C@@H](CCC(=O)NCCCCN=C(N)N)[C@@H]1CC[C@@H]2[C@@H]3[C@@H](C[C@@H](O)[C@]21C)[C@]1(C)CC[C@H](O)C[C@@H]1C[C@@H]3O. The molecule has 0 spiro atoms. The second-order valence-electron chi connectivity index (χ2n) is 13.4. The Kier molecular flexibility index (Phi) is 8.81. The fraction of sp³-hybridized carbons (Fsp3) is 0.931. The van der Waals surface area contributed by atoms with Gasteiger partial charge in [-0.1, -0.05) is 20.8 Å². The van der Waals surface area contributed by atoms with Crippen LogP contribution in [0.2, 0.25) is 0 Å². The molecule has 1 amide bonds. The van der Waals surface area contributed by atoms with E-state index in [0.717, 1.165) is 64.2 Å². The second-order valence-corrected chi connectivity index (χ2v) is 13.4. The molecule has 212 valence electrons. The van der Waals surface area contributed by atoms with E-state index in [9.17, 15) is 20.1 Å². The fourth-order valence-electron chi connectivity index (χ4n) is 9.45. The highest BCUT2D eigenvalue weighted by Gasteiger charge is 2.65. The monoisotopic (exact) mass is 520 g/mol. The third kappa shape index (κ3) is 5.53. The molecule has 0 aromatic rings. The van der Waals surface area contributed by atoms with Crippen LogP contribution in [0.3, 0.4) is 0 Å². The Balaban J connectivity index is 1.34. The maximum Gasteiger partial charge on any atom is 0.220 e. The Labute approximate surface area is 223 Å². The number of carbonyl (C=O) groups is 1. The average Bonchev–Trinajstić information content (AvgIpc) is 3.20. The summed E-state index contributed by atoms with van der Waals surface area (Å²) in [6.07, 6.45) is 8.25. The normalized spacial score (nSPS) is 43.7. The number of nitrogens with one attached hydrogen (secondary N) is 1. The van der Waals surface area contributed by atoms with E-state index in [-0.39, 0.29) is 46.9 Å². The highest BCUT2D eigenvalue weighted by Crippen LogP contribution is 2.68. The van der Waals surface area contributed by atoms with Crippen LogP contribution in [0.5, 0.6) is 0 Å². The summed E-state index contributed by atoms with van der Waals surface area (Å²) in [5, 5.41) is 36.4. The first-order valence-corrected chi connectivity index (χ1v) is 14.8. The van der Waals surface area contributed by atoms with E-state index in [2.05, 4.69) is 31.1 Å². The average molecular weight is 521 g/mol. The van der Waals surface area contributed by atoms with Crippen molar-refractivity contribution in [2.75, 3.05) is 13.1 Å². The van der Waals surface area contributed by atoms with E-state index in [4.69, 9.17) is 11.5 Å². The molecule has 4 fully saturated rings.